The van der Waals surface area contributed by atoms with Crippen LogP contribution in [0.2, 0.25) is 0 Å². The van der Waals surface area contributed by atoms with E-state index >= 15 is 0 Å². The summed E-state index contributed by atoms with van der Waals surface area (Å²) in [7, 11) is 0. The van der Waals surface area contributed by atoms with Gasteiger partial charge in [0.25, 0.3) is 5.91 Å². The molecule has 0 aliphatic carbocycles. The van der Waals surface area contributed by atoms with Gasteiger partial charge < -0.3 is 14.8 Å². The van der Waals surface area contributed by atoms with E-state index in [9.17, 15) is 4.79 Å². The smallest absolute Gasteiger partial charge is 0.258 e. The predicted molar refractivity (Wildman–Crippen MR) is 88.8 cm³/mol. The maximum atomic E-state index is 12.2. The Morgan fingerprint density at radius 3 is 2.91 bits per heavy atom. The molecule has 4 heteroatoms. The highest BCUT2D eigenvalue weighted by Gasteiger charge is 2.22. The first-order chi connectivity index (χ1) is 11.1. The molecule has 120 valence electrons. The van der Waals surface area contributed by atoms with Crippen molar-refractivity contribution < 1.29 is 14.3 Å². The van der Waals surface area contributed by atoms with Crippen LogP contribution in [0.15, 0.2) is 42.5 Å². The number of hydrogen-bond acceptors (Lipinski definition) is 3. The van der Waals surface area contributed by atoms with Gasteiger partial charge in [0, 0.05) is 12.0 Å². The number of rotatable bonds is 4. The SMILES string of the molecule is Cc1ccc(OCC(=O)NC2CCOc3ccccc32)c(C)c1. The Hall–Kier alpha value is -2.49. The summed E-state index contributed by atoms with van der Waals surface area (Å²) in [6.07, 6.45) is 0.770. The van der Waals surface area contributed by atoms with Gasteiger partial charge in [0.05, 0.1) is 12.6 Å². The molecule has 1 aliphatic heterocycles. The van der Waals surface area contributed by atoms with Crippen LogP contribution in [0, 0.1) is 13.8 Å². The molecule has 2 aromatic carbocycles. The van der Waals surface area contributed by atoms with Gasteiger partial charge in [-0.25, -0.2) is 0 Å². The Morgan fingerprint density at radius 1 is 1.26 bits per heavy atom. The normalized spacial score (nSPS) is 16.2. The monoisotopic (exact) mass is 311 g/mol. The number of amides is 1. The van der Waals surface area contributed by atoms with Crippen molar-refractivity contribution in [2.45, 2.75) is 26.3 Å². The molecular formula is C19H21NO3. The Labute approximate surface area is 136 Å². The molecule has 1 amide bonds. The zero-order chi connectivity index (χ0) is 16.2. The minimum absolute atomic E-state index is 0.0173. The molecule has 23 heavy (non-hydrogen) atoms. The third-order valence-corrected chi connectivity index (χ3v) is 3.98. The Morgan fingerprint density at radius 2 is 2.09 bits per heavy atom. The molecule has 1 unspecified atom stereocenters. The van der Waals surface area contributed by atoms with E-state index in [-0.39, 0.29) is 18.6 Å². The number of nitrogens with one attached hydrogen (secondary N) is 1. The number of fused-ring (bicyclic) bond motifs is 1. The number of hydrogen-bond donors (Lipinski definition) is 1. The lowest BCUT2D eigenvalue weighted by Gasteiger charge is -2.26. The highest BCUT2D eigenvalue weighted by atomic mass is 16.5. The van der Waals surface area contributed by atoms with Crippen molar-refractivity contribution in [1.82, 2.24) is 5.32 Å². The minimum Gasteiger partial charge on any atom is -0.493 e. The second-order valence-corrected chi connectivity index (χ2v) is 5.85. The van der Waals surface area contributed by atoms with Gasteiger partial charge in [0.1, 0.15) is 11.5 Å². The van der Waals surface area contributed by atoms with Gasteiger partial charge in [-0.2, -0.15) is 0 Å². The maximum Gasteiger partial charge on any atom is 0.258 e. The number of para-hydroxylation sites is 1. The van der Waals surface area contributed by atoms with Crippen molar-refractivity contribution in [2.75, 3.05) is 13.2 Å². The third kappa shape index (κ3) is 3.65. The topological polar surface area (TPSA) is 47.6 Å². The van der Waals surface area contributed by atoms with Crippen LogP contribution in [0.25, 0.3) is 0 Å². The number of aryl methyl sites for hydroxylation is 2. The highest BCUT2D eigenvalue weighted by molar-refractivity contribution is 5.78. The van der Waals surface area contributed by atoms with E-state index in [4.69, 9.17) is 9.47 Å². The zero-order valence-corrected chi connectivity index (χ0v) is 13.5. The number of carbonyl (C=O) groups excluding carboxylic acids is 1. The molecule has 2 aromatic rings. The lowest BCUT2D eigenvalue weighted by molar-refractivity contribution is -0.124. The van der Waals surface area contributed by atoms with E-state index < -0.39 is 0 Å². The fourth-order valence-electron chi connectivity index (χ4n) is 2.83. The number of ether oxygens (including phenoxy) is 2. The fourth-order valence-corrected chi connectivity index (χ4v) is 2.83. The zero-order valence-electron chi connectivity index (χ0n) is 13.5. The van der Waals surface area contributed by atoms with Gasteiger partial charge in [0.2, 0.25) is 0 Å². The van der Waals surface area contributed by atoms with Crippen LogP contribution in [-0.4, -0.2) is 19.1 Å². The number of benzene rings is 2. The van der Waals surface area contributed by atoms with Crippen LogP contribution in [-0.2, 0) is 4.79 Å². The lowest BCUT2D eigenvalue weighted by Crippen LogP contribution is -2.35. The Bertz CT molecular complexity index is 712. The lowest BCUT2D eigenvalue weighted by atomic mass is 10.0. The fraction of sp³-hybridized carbons (Fsp3) is 0.316. The van der Waals surface area contributed by atoms with Crippen molar-refractivity contribution in [3.63, 3.8) is 0 Å². The van der Waals surface area contributed by atoms with E-state index in [2.05, 4.69) is 5.32 Å². The molecule has 0 saturated heterocycles. The molecule has 0 spiro atoms. The molecule has 3 rings (SSSR count). The highest BCUT2D eigenvalue weighted by Crippen LogP contribution is 2.31. The van der Waals surface area contributed by atoms with Crippen LogP contribution in [0.5, 0.6) is 11.5 Å². The summed E-state index contributed by atoms with van der Waals surface area (Å²) in [4.78, 5) is 12.2. The maximum absolute atomic E-state index is 12.2. The largest absolute Gasteiger partial charge is 0.493 e. The van der Waals surface area contributed by atoms with Gasteiger partial charge in [-0.1, -0.05) is 35.9 Å². The Balaban J connectivity index is 1.60. The van der Waals surface area contributed by atoms with Crippen molar-refractivity contribution in [1.29, 1.82) is 0 Å². The summed E-state index contributed by atoms with van der Waals surface area (Å²) >= 11 is 0. The predicted octanol–water partition coefficient (Wildman–Crippen LogP) is 3.32. The van der Waals surface area contributed by atoms with Crippen LogP contribution in [0.1, 0.15) is 29.2 Å². The van der Waals surface area contributed by atoms with Crippen LogP contribution >= 0.6 is 0 Å². The van der Waals surface area contributed by atoms with E-state index in [1.807, 2.05) is 56.3 Å². The van der Waals surface area contributed by atoms with Crippen LogP contribution < -0.4 is 14.8 Å². The summed E-state index contributed by atoms with van der Waals surface area (Å²) in [5.74, 6) is 1.48. The van der Waals surface area contributed by atoms with Gasteiger partial charge >= 0.3 is 0 Å². The summed E-state index contributed by atoms with van der Waals surface area (Å²) in [5.41, 5.74) is 3.24. The molecule has 0 radical (unpaired) electrons. The summed E-state index contributed by atoms with van der Waals surface area (Å²) in [5, 5.41) is 3.03. The van der Waals surface area contributed by atoms with Crippen molar-refractivity contribution in [3.8, 4) is 11.5 Å². The molecule has 1 N–H and O–H groups in total. The van der Waals surface area contributed by atoms with E-state index in [0.29, 0.717) is 6.61 Å². The second kappa shape index (κ2) is 6.73. The summed E-state index contributed by atoms with van der Waals surface area (Å²) < 4.78 is 11.2. The van der Waals surface area contributed by atoms with Crippen molar-refractivity contribution in [3.05, 3.63) is 59.2 Å². The quantitative estimate of drug-likeness (QED) is 0.942. The van der Waals surface area contributed by atoms with Crippen LogP contribution in [0.4, 0.5) is 0 Å². The molecule has 1 heterocycles. The van der Waals surface area contributed by atoms with Gasteiger partial charge in [-0.15, -0.1) is 0 Å². The first kappa shape index (κ1) is 15.4. The first-order valence-corrected chi connectivity index (χ1v) is 7.84. The molecule has 4 nitrogen and oxygen atoms in total. The molecule has 0 saturated carbocycles. The summed E-state index contributed by atoms with van der Waals surface area (Å²) in [6.45, 7) is 4.64. The van der Waals surface area contributed by atoms with Crippen LogP contribution in [0.3, 0.4) is 0 Å². The minimum atomic E-state index is -0.119. The van der Waals surface area contributed by atoms with E-state index in [0.717, 1.165) is 29.0 Å². The average Bonchev–Trinajstić information content (AvgIpc) is 2.54. The van der Waals surface area contributed by atoms with Gasteiger partial charge in [0.15, 0.2) is 6.61 Å². The standard InChI is InChI=1S/C19H21NO3/c1-13-7-8-17(14(2)11-13)23-12-19(21)20-16-9-10-22-18-6-4-3-5-15(16)18/h3-8,11,16H,9-10,12H2,1-2H3,(H,20,21). The molecular weight excluding hydrogens is 290 g/mol. The number of carbonyl (C=O) groups is 1. The third-order valence-electron chi connectivity index (χ3n) is 3.98. The Kier molecular flexibility index (Phi) is 4.51. The molecule has 0 aromatic heterocycles. The first-order valence-electron chi connectivity index (χ1n) is 7.84. The van der Waals surface area contributed by atoms with Gasteiger partial charge in [-0.05, 0) is 31.5 Å². The molecule has 1 atom stereocenters. The molecule has 0 bridgehead atoms. The second-order valence-electron chi connectivity index (χ2n) is 5.85. The van der Waals surface area contributed by atoms with Gasteiger partial charge in [-0.3, -0.25) is 4.79 Å². The van der Waals surface area contributed by atoms with E-state index in [1.165, 1.54) is 5.56 Å². The average molecular weight is 311 g/mol. The van der Waals surface area contributed by atoms with Crippen molar-refractivity contribution in [2.24, 2.45) is 0 Å². The summed E-state index contributed by atoms with van der Waals surface area (Å²) in [6, 6.07) is 13.7. The van der Waals surface area contributed by atoms with Crippen molar-refractivity contribution >= 4 is 5.91 Å². The molecule has 0 fully saturated rings. The molecule has 1 aliphatic rings. The van der Waals surface area contributed by atoms with E-state index in [1.54, 1.807) is 0 Å².